The lowest BCUT2D eigenvalue weighted by atomic mass is 10.1. The highest BCUT2D eigenvalue weighted by molar-refractivity contribution is 5.89. The zero-order valence-electron chi connectivity index (χ0n) is 6.59. The van der Waals surface area contributed by atoms with Crippen LogP contribution in [-0.4, -0.2) is 10.1 Å². The molecule has 0 atom stereocenters. The van der Waals surface area contributed by atoms with Crippen LogP contribution >= 0.6 is 0 Å². The average Bonchev–Trinajstić information content (AvgIpc) is 2.49. The third-order valence-electron chi connectivity index (χ3n) is 1.95. The minimum Gasteiger partial charge on any atom is -0.507 e. The molecule has 68 valence electrons. The molecule has 0 aliphatic heterocycles. The highest BCUT2D eigenvalue weighted by atomic mass is 19.3. The maximum Gasteiger partial charge on any atom is 0.266 e. The first-order valence-corrected chi connectivity index (χ1v) is 3.77. The molecule has 0 bridgehead atoms. The molecule has 0 amide bonds. The van der Waals surface area contributed by atoms with E-state index in [2.05, 4.69) is 4.98 Å². The van der Waals surface area contributed by atoms with Crippen LogP contribution in [0, 0.1) is 0 Å². The van der Waals surface area contributed by atoms with E-state index in [1.165, 1.54) is 12.3 Å². The summed E-state index contributed by atoms with van der Waals surface area (Å²) < 4.78 is 24.8. The van der Waals surface area contributed by atoms with Gasteiger partial charge in [-0.2, -0.15) is 0 Å². The summed E-state index contributed by atoms with van der Waals surface area (Å²) in [6, 6.07) is 4.63. The molecule has 2 N–H and O–H groups in total. The van der Waals surface area contributed by atoms with E-state index in [-0.39, 0.29) is 16.7 Å². The number of phenols is 1. The number of aromatic hydroxyl groups is 1. The number of H-pyrrole nitrogens is 1. The molecule has 0 saturated carbocycles. The minimum absolute atomic E-state index is 0.117. The van der Waals surface area contributed by atoms with Crippen molar-refractivity contribution in [1.29, 1.82) is 0 Å². The quantitative estimate of drug-likeness (QED) is 0.700. The van der Waals surface area contributed by atoms with E-state index >= 15 is 0 Å². The summed E-state index contributed by atoms with van der Waals surface area (Å²) in [5.41, 5.74) is 0.364. The summed E-state index contributed by atoms with van der Waals surface area (Å²) in [6.07, 6.45) is -1.35. The molecule has 1 heterocycles. The molecule has 0 fully saturated rings. The van der Waals surface area contributed by atoms with Crippen LogP contribution in [0.3, 0.4) is 0 Å². The van der Waals surface area contributed by atoms with Crippen LogP contribution in [0.1, 0.15) is 12.0 Å². The Hall–Kier alpha value is -1.58. The zero-order chi connectivity index (χ0) is 9.42. The third kappa shape index (κ3) is 1.14. The van der Waals surface area contributed by atoms with Crippen LogP contribution in [0.15, 0.2) is 24.4 Å². The van der Waals surface area contributed by atoms with Crippen molar-refractivity contribution in [3.63, 3.8) is 0 Å². The van der Waals surface area contributed by atoms with Crippen molar-refractivity contribution in [2.24, 2.45) is 0 Å². The van der Waals surface area contributed by atoms with E-state index in [1.54, 1.807) is 12.1 Å². The van der Waals surface area contributed by atoms with Gasteiger partial charge in [0, 0.05) is 17.3 Å². The van der Waals surface area contributed by atoms with Crippen molar-refractivity contribution in [2.45, 2.75) is 6.43 Å². The Morgan fingerprint density at radius 1 is 1.31 bits per heavy atom. The number of aromatic amines is 1. The van der Waals surface area contributed by atoms with Gasteiger partial charge in [-0.05, 0) is 12.1 Å². The highest BCUT2D eigenvalue weighted by Gasteiger charge is 2.15. The van der Waals surface area contributed by atoms with Gasteiger partial charge in [-0.15, -0.1) is 0 Å². The number of alkyl halides is 2. The number of benzene rings is 1. The normalized spacial score (nSPS) is 11.3. The summed E-state index contributed by atoms with van der Waals surface area (Å²) in [5.74, 6) is -0.117. The molecular weight excluding hydrogens is 176 g/mol. The topological polar surface area (TPSA) is 36.0 Å². The van der Waals surface area contributed by atoms with E-state index in [9.17, 15) is 13.9 Å². The van der Waals surface area contributed by atoms with Crippen molar-refractivity contribution < 1.29 is 13.9 Å². The fourth-order valence-corrected chi connectivity index (χ4v) is 1.36. The molecule has 1 aromatic heterocycles. The van der Waals surface area contributed by atoms with Gasteiger partial charge >= 0.3 is 0 Å². The molecule has 0 unspecified atom stereocenters. The molecular formula is C9H7F2NO. The van der Waals surface area contributed by atoms with Gasteiger partial charge in [-0.3, -0.25) is 0 Å². The number of fused-ring (bicyclic) bond motifs is 1. The maximum atomic E-state index is 12.4. The standard InChI is InChI=1S/C9H7F2NO/c10-9(11)5-4-12-6-2-1-3-7(13)8(5)6/h1-4,9,12-13H. The number of aromatic nitrogens is 1. The molecule has 0 aliphatic carbocycles. The summed E-state index contributed by atoms with van der Waals surface area (Å²) in [6.45, 7) is 0. The van der Waals surface area contributed by atoms with E-state index in [0.29, 0.717) is 5.52 Å². The van der Waals surface area contributed by atoms with Crippen LogP contribution < -0.4 is 0 Å². The van der Waals surface area contributed by atoms with Crippen molar-refractivity contribution >= 4 is 10.9 Å². The maximum absolute atomic E-state index is 12.4. The van der Waals surface area contributed by atoms with Gasteiger partial charge in [-0.1, -0.05) is 6.07 Å². The number of hydrogen-bond acceptors (Lipinski definition) is 1. The predicted molar refractivity (Wildman–Crippen MR) is 44.9 cm³/mol. The van der Waals surface area contributed by atoms with E-state index < -0.39 is 6.43 Å². The summed E-state index contributed by atoms with van der Waals surface area (Å²) in [4.78, 5) is 2.67. The second-order valence-corrected chi connectivity index (χ2v) is 2.74. The molecule has 0 spiro atoms. The second kappa shape index (κ2) is 2.73. The number of nitrogens with one attached hydrogen (secondary N) is 1. The van der Waals surface area contributed by atoms with Crippen molar-refractivity contribution in [3.05, 3.63) is 30.0 Å². The van der Waals surface area contributed by atoms with Crippen LogP contribution in [-0.2, 0) is 0 Å². The Morgan fingerprint density at radius 2 is 2.08 bits per heavy atom. The molecule has 2 aromatic rings. The van der Waals surface area contributed by atoms with Crippen LogP contribution in [0.25, 0.3) is 10.9 Å². The van der Waals surface area contributed by atoms with E-state index in [0.717, 1.165) is 0 Å². The van der Waals surface area contributed by atoms with Gasteiger partial charge in [0.15, 0.2) is 0 Å². The van der Waals surface area contributed by atoms with E-state index in [4.69, 9.17) is 0 Å². The first kappa shape index (κ1) is 8.04. The van der Waals surface area contributed by atoms with Crippen molar-refractivity contribution in [3.8, 4) is 5.75 Å². The molecule has 0 saturated heterocycles. The van der Waals surface area contributed by atoms with Gasteiger partial charge in [0.2, 0.25) is 0 Å². The minimum atomic E-state index is -2.57. The molecule has 0 radical (unpaired) electrons. The summed E-state index contributed by atoms with van der Waals surface area (Å²) >= 11 is 0. The van der Waals surface area contributed by atoms with Gasteiger partial charge in [0.05, 0.1) is 5.39 Å². The third-order valence-corrected chi connectivity index (χ3v) is 1.95. The fourth-order valence-electron chi connectivity index (χ4n) is 1.36. The molecule has 2 nitrogen and oxygen atoms in total. The number of phenolic OH excluding ortho intramolecular Hbond substituents is 1. The second-order valence-electron chi connectivity index (χ2n) is 2.74. The van der Waals surface area contributed by atoms with Gasteiger partial charge in [-0.25, -0.2) is 8.78 Å². The SMILES string of the molecule is Oc1cccc2[nH]cc(C(F)F)c12. The Kier molecular flexibility index (Phi) is 1.69. The summed E-state index contributed by atoms with van der Waals surface area (Å²) in [7, 11) is 0. The fraction of sp³-hybridized carbons (Fsp3) is 0.111. The van der Waals surface area contributed by atoms with Crippen molar-refractivity contribution in [1.82, 2.24) is 4.98 Å². The van der Waals surface area contributed by atoms with Gasteiger partial charge < -0.3 is 10.1 Å². The van der Waals surface area contributed by atoms with E-state index in [1.807, 2.05) is 0 Å². The van der Waals surface area contributed by atoms with Crippen LogP contribution in [0.2, 0.25) is 0 Å². The Labute approximate surface area is 72.8 Å². The monoisotopic (exact) mass is 183 g/mol. The molecule has 0 aliphatic rings. The average molecular weight is 183 g/mol. The zero-order valence-corrected chi connectivity index (χ0v) is 6.59. The highest BCUT2D eigenvalue weighted by Crippen LogP contribution is 2.33. The predicted octanol–water partition coefficient (Wildman–Crippen LogP) is 2.81. The summed E-state index contributed by atoms with van der Waals surface area (Å²) in [5, 5.41) is 9.54. The van der Waals surface area contributed by atoms with Crippen molar-refractivity contribution in [2.75, 3.05) is 0 Å². The number of halogens is 2. The lowest BCUT2D eigenvalue weighted by molar-refractivity contribution is 0.153. The first-order valence-electron chi connectivity index (χ1n) is 3.77. The number of hydrogen-bond donors (Lipinski definition) is 2. The Balaban J connectivity index is 2.79. The van der Waals surface area contributed by atoms with Crippen LogP contribution in [0.5, 0.6) is 5.75 Å². The largest absolute Gasteiger partial charge is 0.507 e. The lowest BCUT2D eigenvalue weighted by Crippen LogP contribution is -1.80. The van der Waals surface area contributed by atoms with Gasteiger partial charge in [0.25, 0.3) is 6.43 Å². The molecule has 2 rings (SSSR count). The van der Waals surface area contributed by atoms with Crippen LogP contribution in [0.4, 0.5) is 8.78 Å². The Morgan fingerprint density at radius 3 is 2.77 bits per heavy atom. The number of rotatable bonds is 1. The molecule has 4 heteroatoms. The smallest absolute Gasteiger partial charge is 0.266 e. The lowest BCUT2D eigenvalue weighted by Gasteiger charge is -1.98. The molecule has 13 heavy (non-hydrogen) atoms. The molecule has 1 aromatic carbocycles. The first-order chi connectivity index (χ1) is 6.20. The Bertz CT molecular complexity index is 436. The van der Waals surface area contributed by atoms with Gasteiger partial charge in [0.1, 0.15) is 5.75 Å².